The number of halogens is 1. The zero-order valence-corrected chi connectivity index (χ0v) is 20.1. The van der Waals surface area contributed by atoms with Crippen molar-refractivity contribution in [3.8, 4) is 5.75 Å². The predicted octanol–water partition coefficient (Wildman–Crippen LogP) is 5.48. The minimum Gasteiger partial charge on any atom is -0.493 e. The van der Waals surface area contributed by atoms with E-state index in [4.69, 9.17) is 15.9 Å². The van der Waals surface area contributed by atoms with Crippen LogP contribution >= 0.6 is 0 Å². The molecule has 0 heterocycles. The summed E-state index contributed by atoms with van der Waals surface area (Å²) >= 11 is 0. The summed E-state index contributed by atoms with van der Waals surface area (Å²) < 4.78 is 19.8. The van der Waals surface area contributed by atoms with E-state index in [-0.39, 0.29) is 11.7 Å². The number of nitrogens with one attached hydrogen (secondary N) is 2. The quantitative estimate of drug-likeness (QED) is 0.204. The predicted molar refractivity (Wildman–Crippen MR) is 137 cm³/mol. The smallest absolute Gasteiger partial charge is 0.330 e. The van der Waals surface area contributed by atoms with Gasteiger partial charge in [0.25, 0.3) is 0 Å². The number of amidine groups is 1. The van der Waals surface area contributed by atoms with Crippen molar-refractivity contribution >= 4 is 17.5 Å². The number of carbonyl (C=O) groups is 1. The van der Waals surface area contributed by atoms with E-state index in [1.807, 2.05) is 19.1 Å². The lowest BCUT2D eigenvalue weighted by Gasteiger charge is -2.22. The molecule has 0 aliphatic heterocycles. The topological polar surface area (TPSA) is 108 Å². The number of hydrogen-bond acceptors (Lipinski definition) is 4. The van der Waals surface area contributed by atoms with Gasteiger partial charge in [-0.1, -0.05) is 44.5 Å². The Kier molecular flexibility index (Phi) is 8.84. The van der Waals surface area contributed by atoms with Crippen LogP contribution in [0.4, 0.5) is 10.1 Å². The highest BCUT2D eigenvalue weighted by Crippen LogP contribution is 2.33. The lowest BCUT2D eigenvalue weighted by Crippen LogP contribution is -2.22. The maximum Gasteiger partial charge on any atom is 0.330 e. The van der Waals surface area contributed by atoms with E-state index in [1.165, 1.54) is 6.07 Å². The normalized spacial score (nSPS) is 11.6. The SMILES string of the molecule is CCCc1cccc(C(Nc2ccc(C(=N)N)cc2)C(=O)O)c1OCCc1ccc(F)cc1CC. The van der Waals surface area contributed by atoms with Crippen LogP contribution in [0.2, 0.25) is 0 Å². The van der Waals surface area contributed by atoms with Gasteiger partial charge in [0.2, 0.25) is 0 Å². The summed E-state index contributed by atoms with van der Waals surface area (Å²) in [6.45, 7) is 4.39. The van der Waals surface area contributed by atoms with Crippen LogP contribution in [-0.2, 0) is 24.1 Å². The Morgan fingerprint density at radius 1 is 1.06 bits per heavy atom. The number of carboxylic acid groups (broad SMARTS) is 1. The second-order valence-corrected chi connectivity index (χ2v) is 8.36. The first-order chi connectivity index (χ1) is 16.8. The summed E-state index contributed by atoms with van der Waals surface area (Å²) in [5.41, 5.74) is 10.1. The molecule has 0 aliphatic carbocycles. The number of aliphatic carboxylic acids is 1. The Labute approximate surface area is 205 Å². The average molecular weight is 478 g/mol. The van der Waals surface area contributed by atoms with Crippen LogP contribution in [0, 0.1) is 11.2 Å². The van der Waals surface area contributed by atoms with Gasteiger partial charge in [0.15, 0.2) is 6.04 Å². The molecule has 1 unspecified atom stereocenters. The van der Waals surface area contributed by atoms with E-state index in [1.54, 1.807) is 42.5 Å². The maximum absolute atomic E-state index is 13.6. The van der Waals surface area contributed by atoms with E-state index in [2.05, 4.69) is 12.2 Å². The molecule has 0 aliphatic rings. The Morgan fingerprint density at radius 2 is 1.80 bits per heavy atom. The Bertz CT molecular complexity index is 1180. The van der Waals surface area contributed by atoms with E-state index >= 15 is 0 Å². The molecule has 3 rings (SSSR count). The first-order valence-electron chi connectivity index (χ1n) is 11.8. The number of ether oxygens (including phenoxy) is 1. The minimum absolute atomic E-state index is 0.0540. The van der Waals surface area contributed by atoms with Gasteiger partial charge < -0.3 is 20.9 Å². The second-order valence-electron chi connectivity index (χ2n) is 8.36. The van der Waals surface area contributed by atoms with Crippen LogP contribution in [0.5, 0.6) is 5.75 Å². The molecule has 184 valence electrons. The van der Waals surface area contributed by atoms with Crippen molar-refractivity contribution in [2.75, 3.05) is 11.9 Å². The van der Waals surface area contributed by atoms with Crippen LogP contribution in [0.1, 0.15) is 54.1 Å². The molecular formula is C28H32FN3O3. The average Bonchev–Trinajstić information content (AvgIpc) is 2.84. The molecule has 35 heavy (non-hydrogen) atoms. The van der Waals surface area contributed by atoms with Crippen molar-refractivity contribution in [2.24, 2.45) is 5.73 Å². The summed E-state index contributed by atoms with van der Waals surface area (Å²) in [5, 5.41) is 20.7. The molecule has 3 aromatic rings. The Hall–Kier alpha value is -3.87. The standard InChI is InChI=1S/C28H32FN3O3/c1-3-6-20-7-5-8-24(25(28(33)34)32-23-13-10-21(11-14-23)27(30)31)26(20)35-16-15-19-9-12-22(29)17-18(19)4-2/h5,7-14,17,25,32H,3-4,6,15-16H2,1-2H3,(H3,30,31)(H,33,34). The third kappa shape index (κ3) is 6.59. The molecule has 0 spiro atoms. The highest BCUT2D eigenvalue weighted by Gasteiger charge is 2.25. The fourth-order valence-corrected chi connectivity index (χ4v) is 4.09. The zero-order valence-electron chi connectivity index (χ0n) is 20.1. The first kappa shape index (κ1) is 25.7. The van der Waals surface area contributed by atoms with Gasteiger partial charge in [-0.3, -0.25) is 5.41 Å². The zero-order chi connectivity index (χ0) is 25.4. The molecule has 7 heteroatoms. The maximum atomic E-state index is 13.6. The highest BCUT2D eigenvalue weighted by atomic mass is 19.1. The highest BCUT2D eigenvalue weighted by molar-refractivity contribution is 5.95. The monoisotopic (exact) mass is 477 g/mol. The van der Waals surface area contributed by atoms with E-state index in [9.17, 15) is 14.3 Å². The lowest BCUT2D eigenvalue weighted by molar-refractivity contribution is -0.138. The van der Waals surface area contributed by atoms with Crippen molar-refractivity contribution in [1.29, 1.82) is 5.41 Å². The molecule has 1 atom stereocenters. The summed E-state index contributed by atoms with van der Waals surface area (Å²) in [6, 6.07) is 16.0. The molecule has 0 saturated heterocycles. The molecule has 0 saturated carbocycles. The number of rotatable bonds is 12. The van der Waals surface area contributed by atoms with Gasteiger partial charge in [0.1, 0.15) is 17.4 Å². The lowest BCUT2D eigenvalue weighted by atomic mass is 9.99. The number of carboxylic acids is 1. The number of hydrogen-bond donors (Lipinski definition) is 4. The van der Waals surface area contributed by atoms with Crippen LogP contribution in [-0.4, -0.2) is 23.5 Å². The number of aryl methyl sites for hydroxylation is 2. The van der Waals surface area contributed by atoms with Crippen LogP contribution in [0.15, 0.2) is 60.7 Å². The number of anilines is 1. The van der Waals surface area contributed by atoms with Gasteiger partial charge in [-0.05, 0) is 65.9 Å². The van der Waals surface area contributed by atoms with Crippen LogP contribution in [0.3, 0.4) is 0 Å². The Morgan fingerprint density at radius 3 is 2.43 bits per heavy atom. The molecule has 0 amide bonds. The van der Waals surface area contributed by atoms with Crippen molar-refractivity contribution in [2.45, 2.75) is 45.6 Å². The first-order valence-corrected chi connectivity index (χ1v) is 11.8. The number of para-hydroxylation sites is 1. The van der Waals surface area contributed by atoms with Crippen LogP contribution in [0.25, 0.3) is 0 Å². The Balaban J connectivity index is 1.88. The molecule has 0 bridgehead atoms. The summed E-state index contributed by atoms with van der Waals surface area (Å²) in [5.74, 6) is -0.781. The van der Waals surface area contributed by atoms with E-state index in [0.29, 0.717) is 35.6 Å². The molecule has 5 N–H and O–H groups in total. The molecule has 6 nitrogen and oxygen atoms in total. The molecular weight excluding hydrogens is 445 g/mol. The van der Waals surface area contributed by atoms with Gasteiger partial charge in [0, 0.05) is 23.2 Å². The molecule has 0 radical (unpaired) electrons. The molecule has 0 fully saturated rings. The third-order valence-corrected chi connectivity index (χ3v) is 5.88. The van der Waals surface area contributed by atoms with Crippen LogP contribution < -0.4 is 15.8 Å². The largest absolute Gasteiger partial charge is 0.493 e. The van der Waals surface area contributed by atoms with Gasteiger partial charge >= 0.3 is 5.97 Å². The minimum atomic E-state index is -1.04. The van der Waals surface area contributed by atoms with Gasteiger partial charge in [-0.2, -0.15) is 0 Å². The second kappa shape index (κ2) is 12.0. The number of nitrogens with two attached hydrogens (primary N) is 1. The summed E-state index contributed by atoms with van der Waals surface area (Å²) in [4.78, 5) is 12.3. The van der Waals surface area contributed by atoms with Crippen molar-refractivity contribution < 1.29 is 19.0 Å². The molecule has 0 aromatic heterocycles. The molecule has 3 aromatic carbocycles. The summed E-state index contributed by atoms with van der Waals surface area (Å²) in [6.07, 6.45) is 2.94. The van der Waals surface area contributed by atoms with Gasteiger partial charge in [0.05, 0.1) is 6.61 Å². The van der Waals surface area contributed by atoms with E-state index in [0.717, 1.165) is 36.0 Å². The fraction of sp³-hybridized carbons (Fsp3) is 0.286. The fourth-order valence-electron chi connectivity index (χ4n) is 4.09. The van der Waals surface area contributed by atoms with Gasteiger partial charge in [-0.25, -0.2) is 9.18 Å². The van der Waals surface area contributed by atoms with Crippen molar-refractivity contribution in [3.05, 3.63) is 94.3 Å². The number of benzene rings is 3. The van der Waals surface area contributed by atoms with Crippen molar-refractivity contribution in [1.82, 2.24) is 0 Å². The van der Waals surface area contributed by atoms with Gasteiger partial charge in [-0.15, -0.1) is 0 Å². The van der Waals surface area contributed by atoms with Crippen molar-refractivity contribution in [3.63, 3.8) is 0 Å². The third-order valence-electron chi connectivity index (χ3n) is 5.88. The number of nitrogen functional groups attached to an aromatic ring is 1. The van der Waals surface area contributed by atoms with E-state index < -0.39 is 12.0 Å². The summed E-state index contributed by atoms with van der Waals surface area (Å²) in [7, 11) is 0.